The lowest BCUT2D eigenvalue weighted by molar-refractivity contribution is -0.145. The summed E-state index contributed by atoms with van der Waals surface area (Å²) in [5, 5.41) is 0. The monoisotopic (exact) mass is 213 g/mol. The van der Waals surface area contributed by atoms with E-state index in [4.69, 9.17) is 5.73 Å². The zero-order valence-corrected chi connectivity index (χ0v) is 7.19. The van der Waals surface area contributed by atoms with Gasteiger partial charge in [0.1, 0.15) is 0 Å². The normalized spacial score (nSPS) is 10.8. The fourth-order valence-corrected chi connectivity index (χ4v) is 0.646. The highest BCUT2D eigenvalue weighted by Crippen LogP contribution is 2.25. The van der Waals surface area contributed by atoms with Gasteiger partial charge in [-0.3, -0.25) is 0 Å². The molecule has 0 aliphatic carbocycles. The zero-order valence-electron chi connectivity index (χ0n) is 6.38. The molecule has 0 unspecified atom stereocenters. The molecule has 3 nitrogen and oxygen atoms in total. The van der Waals surface area contributed by atoms with E-state index in [1.807, 2.05) is 0 Å². The summed E-state index contributed by atoms with van der Waals surface area (Å²) >= 11 is 0. The Balaban J connectivity index is 0.00000144. The lowest BCUT2D eigenvalue weighted by atomic mass is 10.4. The van der Waals surface area contributed by atoms with Crippen molar-refractivity contribution in [3.05, 3.63) is 23.8 Å². The molecule has 0 aromatic carbocycles. The summed E-state index contributed by atoms with van der Waals surface area (Å²) in [6, 6.07) is 1.34. The van der Waals surface area contributed by atoms with Gasteiger partial charge in [-0.05, 0) is 6.07 Å². The number of alkyl halides is 3. The molecule has 0 saturated heterocycles. The van der Waals surface area contributed by atoms with Gasteiger partial charge in [-0.15, -0.1) is 12.4 Å². The minimum Gasteiger partial charge on any atom is -0.325 e. The Morgan fingerprint density at radius 3 is 2.46 bits per heavy atom. The van der Waals surface area contributed by atoms with Crippen LogP contribution in [-0.4, -0.2) is 9.97 Å². The molecular formula is C6H7ClF3N3. The van der Waals surface area contributed by atoms with Gasteiger partial charge in [-0.25, -0.2) is 9.97 Å². The Kier molecular flexibility index (Phi) is 4.09. The van der Waals surface area contributed by atoms with Gasteiger partial charge >= 0.3 is 6.18 Å². The van der Waals surface area contributed by atoms with Crippen molar-refractivity contribution in [3.8, 4) is 0 Å². The Labute approximate surface area is 78.6 Å². The molecule has 1 aromatic heterocycles. The predicted molar refractivity (Wildman–Crippen MR) is 42.2 cm³/mol. The second-order valence-electron chi connectivity index (χ2n) is 2.07. The Bertz CT molecular complexity index is 276. The topological polar surface area (TPSA) is 51.8 Å². The molecular weight excluding hydrogens is 207 g/mol. The zero-order chi connectivity index (χ0) is 9.19. The van der Waals surface area contributed by atoms with E-state index in [2.05, 4.69) is 9.97 Å². The predicted octanol–water partition coefficient (Wildman–Crippen LogP) is 1.38. The lowest BCUT2D eigenvalue weighted by Crippen LogP contribution is -2.13. The molecule has 2 N–H and O–H groups in total. The van der Waals surface area contributed by atoms with Crippen molar-refractivity contribution in [1.82, 2.24) is 9.97 Å². The molecule has 0 bridgehead atoms. The summed E-state index contributed by atoms with van der Waals surface area (Å²) in [5.74, 6) is -1.15. The molecule has 1 rings (SSSR count). The van der Waals surface area contributed by atoms with Crippen LogP contribution < -0.4 is 5.73 Å². The first kappa shape index (κ1) is 12.1. The van der Waals surface area contributed by atoms with E-state index in [0.29, 0.717) is 0 Å². The summed E-state index contributed by atoms with van der Waals surface area (Å²) in [6.07, 6.45) is -3.46. The summed E-state index contributed by atoms with van der Waals surface area (Å²) in [6.45, 7) is -0.0222. The van der Waals surface area contributed by atoms with Crippen LogP contribution in [0.5, 0.6) is 0 Å². The van der Waals surface area contributed by atoms with Gasteiger partial charge < -0.3 is 5.73 Å². The third-order valence-corrected chi connectivity index (χ3v) is 1.18. The third-order valence-electron chi connectivity index (χ3n) is 1.18. The fraction of sp³-hybridized carbons (Fsp3) is 0.333. The van der Waals surface area contributed by atoms with Crippen LogP contribution in [0, 0.1) is 0 Å². The fourth-order valence-electron chi connectivity index (χ4n) is 0.646. The van der Waals surface area contributed by atoms with Crippen LogP contribution in [0.25, 0.3) is 0 Å². The van der Waals surface area contributed by atoms with E-state index in [0.717, 1.165) is 6.20 Å². The smallest absolute Gasteiger partial charge is 0.325 e. The van der Waals surface area contributed by atoms with E-state index in [-0.39, 0.29) is 24.6 Å². The first-order valence-corrected chi connectivity index (χ1v) is 3.13. The third kappa shape index (κ3) is 3.16. The maximum absolute atomic E-state index is 11.9. The van der Waals surface area contributed by atoms with Gasteiger partial charge in [0.05, 0.1) is 5.69 Å². The van der Waals surface area contributed by atoms with Crippen molar-refractivity contribution in [2.75, 3.05) is 0 Å². The van der Waals surface area contributed by atoms with Crippen LogP contribution in [0.1, 0.15) is 11.5 Å². The summed E-state index contributed by atoms with van der Waals surface area (Å²) in [4.78, 5) is 6.27. The van der Waals surface area contributed by atoms with Crippen LogP contribution in [-0.2, 0) is 12.7 Å². The van der Waals surface area contributed by atoms with Gasteiger partial charge in [-0.2, -0.15) is 13.2 Å². The lowest BCUT2D eigenvalue weighted by Gasteiger charge is -2.04. The summed E-state index contributed by atoms with van der Waals surface area (Å²) in [7, 11) is 0. The summed E-state index contributed by atoms with van der Waals surface area (Å²) < 4.78 is 35.8. The molecule has 0 aliphatic rings. The SMILES string of the molecule is Cl.NCc1ccnc(C(F)(F)F)n1. The van der Waals surface area contributed by atoms with Gasteiger partial charge in [0.15, 0.2) is 0 Å². The van der Waals surface area contributed by atoms with Gasteiger partial charge in [0.25, 0.3) is 0 Å². The Morgan fingerprint density at radius 1 is 1.38 bits per heavy atom. The molecule has 74 valence electrons. The maximum Gasteiger partial charge on any atom is 0.451 e. The molecule has 0 spiro atoms. The van der Waals surface area contributed by atoms with Crippen molar-refractivity contribution in [1.29, 1.82) is 0 Å². The minimum atomic E-state index is -4.49. The van der Waals surface area contributed by atoms with Crippen LogP contribution in [0.4, 0.5) is 13.2 Å². The Hall–Kier alpha value is -0.880. The van der Waals surface area contributed by atoms with E-state index >= 15 is 0 Å². The summed E-state index contributed by atoms with van der Waals surface area (Å²) in [5.41, 5.74) is 5.28. The first-order chi connectivity index (χ1) is 5.54. The maximum atomic E-state index is 11.9. The molecule has 0 saturated carbocycles. The van der Waals surface area contributed by atoms with Gasteiger partial charge in [0.2, 0.25) is 5.82 Å². The molecule has 7 heteroatoms. The molecule has 0 radical (unpaired) electrons. The standard InChI is InChI=1S/C6H6F3N3.ClH/c7-6(8,9)5-11-2-1-4(3-10)12-5;/h1-2H,3,10H2;1H. The van der Waals surface area contributed by atoms with Crippen molar-refractivity contribution < 1.29 is 13.2 Å². The minimum absolute atomic E-state index is 0. The average Bonchev–Trinajstić information content (AvgIpc) is 2.03. The van der Waals surface area contributed by atoms with E-state index in [1.165, 1.54) is 6.07 Å². The van der Waals surface area contributed by atoms with Crippen LogP contribution in [0.2, 0.25) is 0 Å². The molecule has 1 heterocycles. The van der Waals surface area contributed by atoms with Crippen LogP contribution in [0.3, 0.4) is 0 Å². The van der Waals surface area contributed by atoms with Crippen molar-refractivity contribution in [2.24, 2.45) is 5.73 Å². The molecule has 0 aliphatic heterocycles. The number of rotatable bonds is 1. The number of aromatic nitrogens is 2. The van der Waals surface area contributed by atoms with Crippen molar-refractivity contribution >= 4 is 12.4 Å². The van der Waals surface area contributed by atoms with Gasteiger partial charge in [0, 0.05) is 12.7 Å². The molecule has 0 fully saturated rings. The number of nitrogens with two attached hydrogens (primary N) is 1. The first-order valence-electron chi connectivity index (χ1n) is 3.13. The van der Waals surface area contributed by atoms with Crippen LogP contribution in [0.15, 0.2) is 12.3 Å². The second kappa shape index (κ2) is 4.38. The molecule has 1 aromatic rings. The van der Waals surface area contributed by atoms with Gasteiger partial charge in [-0.1, -0.05) is 0 Å². The average molecular weight is 214 g/mol. The number of hydrogen-bond donors (Lipinski definition) is 1. The quantitative estimate of drug-likeness (QED) is 0.767. The highest BCUT2D eigenvalue weighted by Gasteiger charge is 2.34. The number of hydrogen-bond acceptors (Lipinski definition) is 3. The largest absolute Gasteiger partial charge is 0.451 e. The molecule has 0 amide bonds. The van der Waals surface area contributed by atoms with Crippen LogP contribution >= 0.6 is 12.4 Å². The molecule has 0 atom stereocenters. The van der Waals surface area contributed by atoms with E-state index in [9.17, 15) is 13.2 Å². The van der Waals surface area contributed by atoms with E-state index in [1.54, 1.807) is 0 Å². The highest BCUT2D eigenvalue weighted by molar-refractivity contribution is 5.85. The van der Waals surface area contributed by atoms with Crippen molar-refractivity contribution in [3.63, 3.8) is 0 Å². The van der Waals surface area contributed by atoms with Crippen molar-refractivity contribution in [2.45, 2.75) is 12.7 Å². The highest BCUT2D eigenvalue weighted by atomic mass is 35.5. The van der Waals surface area contributed by atoms with E-state index < -0.39 is 12.0 Å². The second-order valence-corrected chi connectivity index (χ2v) is 2.07. The Morgan fingerprint density at radius 2 is 2.00 bits per heavy atom. The molecule has 13 heavy (non-hydrogen) atoms. The number of halogens is 4. The number of nitrogens with zero attached hydrogens (tertiary/aromatic N) is 2.